The Balaban J connectivity index is 1.75. The first-order valence-electron chi connectivity index (χ1n) is 10.8. The Morgan fingerprint density at radius 1 is 1.12 bits per heavy atom. The second kappa shape index (κ2) is 9.93. The number of anilines is 1. The van der Waals surface area contributed by atoms with Crippen molar-refractivity contribution in [2.45, 2.75) is 57.6 Å². The molecular weight excluding hydrogens is 444 g/mol. The fourth-order valence-electron chi connectivity index (χ4n) is 4.24. The standard InChI is InChI=1S/C24H30N2O6S/c1-15-13-16(2)22(17(3)14-15)33(29,30)26-12-8-10-20(26)24(28)32-18(4)23(27)25-19-9-6-7-11-21(19)31-5/h6-7,9,11,13-14,18,20H,8,10,12H2,1-5H3,(H,25,27)/t18-,20+/m1/s1. The van der Waals surface area contributed by atoms with Gasteiger partial charge in [-0.3, -0.25) is 9.59 Å². The molecule has 2 atom stereocenters. The maximum Gasteiger partial charge on any atom is 0.325 e. The fraction of sp³-hybridized carbons (Fsp3) is 0.417. The van der Waals surface area contributed by atoms with Gasteiger partial charge in [-0.15, -0.1) is 0 Å². The number of hydrogen-bond donors (Lipinski definition) is 1. The summed E-state index contributed by atoms with van der Waals surface area (Å²) in [6.07, 6.45) is -0.247. The minimum atomic E-state index is -3.91. The third kappa shape index (κ3) is 5.20. The van der Waals surface area contributed by atoms with Crippen LogP contribution in [0.3, 0.4) is 0 Å². The lowest BCUT2D eigenvalue weighted by Gasteiger charge is -2.25. The molecular formula is C24H30N2O6S. The highest BCUT2D eigenvalue weighted by Gasteiger charge is 2.42. The summed E-state index contributed by atoms with van der Waals surface area (Å²) in [5.74, 6) is -0.798. The number of methoxy groups -OCH3 is 1. The minimum Gasteiger partial charge on any atom is -0.495 e. The lowest BCUT2D eigenvalue weighted by atomic mass is 10.1. The van der Waals surface area contributed by atoms with Crippen LogP contribution in [0.25, 0.3) is 0 Å². The molecule has 1 fully saturated rings. The molecule has 1 aliphatic rings. The maximum absolute atomic E-state index is 13.5. The Labute approximate surface area is 194 Å². The second-order valence-corrected chi connectivity index (χ2v) is 10.1. The van der Waals surface area contributed by atoms with Gasteiger partial charge < -0.3 is 14.8 Å². The van der Waals surface area contributed by atoms with Crippen molar-refractivity contribution in [3.05, 3.63) is 53.1 Å². The number of ether oxygens (including phenoxy) is 2. The van der Waals surface area contributed by atoms with E-state index in [1.54, 1.807) is 38.1 Å². The Bertz CT molecular complexity index is 1140. The molecule has 2 aromatic carbocycles. The molecule has 1 amide bonds. The smallest absolute Gasteiger partial charge is 0.325 e. The highest BCUT2D eigenvalue weighted by molar-refractivity contribution is 7.89. The van der Waals surface area contributed by atoms with Gasteiger partial charge in [0.2, 0.25) is 10.0 Å². The van der Waals surface area contributed by atoms with E-state index < -0.39 is 34.0 Å². The molecule has 1 aliphatic heterocycles. The van der Waals surface area contributed by atoms with Crippen LogP contribution in [0.5, 0.6) is 5.75 Å². The number of rotatable bonds is 7. The normalized spacial score (nSPS) is 17.4. The lowest BCUT2D eigenvalue weighted by molar-refractivity contribution is -0.156. The van der Waals surface area contributed by atoms with Crippen molar-refractivity contribution < 1.29 is 27.5 Å². The molecule has 8 nitrogen and oxygen atoms in total. The van der Waals surface area contributed by atoms with Crippen molar-refractivity contribution in [2.24, 2.45) is 0 Å². The van der Waals surface area contributed by atoms with Crippen LogP contribution in [-0.2, 0) is 24.3 Å². The van der Waals surface area contributed by atoms with E-state index in [-0.39, 0.29) is 11.4 Å². The Morgan fingerprint density at radius 2 is 1.76 bits per heavy atom. The van der Waals surface area contributed by atoms with Crippen LogP contribution in [0, 0.1) is 20.8 Å². The maximum atomic E-state index is 13.5. The van der Waals surface area contributed by atoms with Gasteiger partial charge >= 0.3 is 5.97 Å². The van der Waals surface area contributed by atoms with Gasteiger partial charge in [0.1, 0.15) is 11.8 Å². The SMILES string of the molecule is COc1ccccc1NC(=O)[C@@H](C)OC(=O)[C@@H]1CCCN1S(=O)(=O)c1c(C)cc(C)cc1C. The van der Waals surface area contributed by atoms with Gasteiger partial charge in [-0.2, -0.15) is 4.31 Å². The molecule has 0 bridgehead atoms. The number of carbonyl (C=O) groups is 2. The quantitative estimate of drug-likeness (QED) is 0.618. The highest BCUT2D eigenvalue weighted by atomic mass is 32.2. The van der Waals surface area contributed by atoms with Gasteiger partial charge in [-0.1, -0.05) is 29.8 Å². The predicted molar refractivity (Wildman–Crippen MR) is 125 cm³/mol. The van der Waals surface area contributed by atoms with Crippen molar-refractivity contribution in [2.75, 3.05) is 19.0 Å². The number of aryl methyl sites for hydroxylation is 3. The molecule has 3 rings (SSSR count). The van der Waals surface area contributed by atoms with Crippen LogP contribution in [0.15, 0.2) is 41.3 Å². The van der Waals surface area contributed by atoms with Crippen molar-refractivity contribution in [1.82, 2.24) is 4.31 Å². The summed E-state index contributed by atoms with van der Waals surface area (Å²) in [6, 6.07) is 9.53. The molecule has 0 unspecified atom stereocenters. The summed E-state index contributed by atoms with van der Waals surface area (Å²) in [7, 11) is -2.42. The second-order valence-electron chi connectivity index (χ2n) is 8.27. The molecule has 9 heteroatoms. The number of amides is 1. The number of hydrogen-bond acceptors (Lipinski definition) is 6. The molecule has 2 aromatic rings. The van der Waals surface area contributed by atoms with Crippen LogP contribution in [-0.4, -0.2) is 50.4 Å². The van der Waals surface area contributed by atoms with Gasteiger partial charge in [-0.05, 0) is 63.8 Å². The average Bonchev–Trinajstić information content (AvgIpc) is 3.24. The van der Waals surface area contributed by atoms with E-state index in [2.05, 4.69) is 5.32 Å². The summed E-state index contributed by atoms with van der Waals surface area (Å²) in [4.78, 5) is 25.7. The van der Waals surface area contributed by atoms with Crippen LogP contribution in [0.4, 0.5) is 5.69 Å². The van der Waals surface area contributed by atoms with Crippen LogP contribution in [0.2, 0.25) is 0 Å². The zero-order chi connectivity index (χ0) is 24.3. The van der Waals surface area contributed by atoms with Crippen molar-refractivity contribution in [3.63, 3.8) is 0 Å². The van der Waals surface area contributed by atoms with Crippen molar-refractivity contribution >= 4 is 27.6 Å². The van der Waals surface area contributed by atoms with E-state index in [0.717, 1.165) is 5.56 Å². The Hall–Kier alpha value is -2.91. The molecule has 0 spiro atoms. The zero-order valence-electron chi connectivity index (χ0n) is 19.5. The largest absolute Gasteiger partial charge is 0.495 e. The minimum absolute atomic E-state index is 0.217. The number of benzene rings is 2. The van der Waals surface area contributed by atoms with Crippen molar-refractivity contribution in [1.29, 1.82) is 0 Å². The number of nitrogens with zero attached hydrogens (tertiary/aromatic N) is 1. The molecule has 1 saturated heterocycles. The molecule has 33 heavy (non-hydrogen) atoms. The van der Waals surface area contributed by atoms with Gasteiger partial charge in [0.25, 0.3) is 5.91 Å². The highest BCUT2D eigenvalue weighted by Crippen LogP contribution is 2.31. The van der Waals surface area contributed by atoms with E-state index in [1.165, 1.54) is 18.3 Å². The third-order valence-corrected chi connectivity index (χ3v) is 7.89. The molecule has 0 radical (unpaired) electrons. The van der Waals surface area contributed by atoms with Gasteiger partial charge in [0, 0.05) is 6.54 Å². The first-order valence-corrected chi connectivity index (χ1v) is 12.2. The number of sulfonamides is 1. The Kier molecular flexibility index (Phi) is 7.44. The van der Waals surface area contributed by atoms with E-state index in [1.807, 2.05) is 19.1 Å². The van der Waals surface area contributed by atoms with Crippen LogP contribution < -0.4 is 10.1 Å². The van der Waals surface area contributed by atoms with E-state index in [4.69, 9.17) is 9.47 Å². The average molecular weight is 475 g/mol. The van der Waals surface area contributed by atoms with Crippen LogP contribution in [0.1, 0.15) is 36.5 Å². The van der Waals surface area contributed by atoms with Crippen molar-refractivity contribution in [3.8, 4) is 5.75 Å². The number of carbonyl (C=O) groups excluding carboxylic acids is 2. The zero-order valence-corrected chi connectivity index (χ0v) is 20.4. The number of para-hydroxylation sites is 2. The first-order chi connectivity index (χ1) is 15.6. The molecule has 0 aromatic heterocycles. The van der Waals surface area contributed by atoms with E-state index >= 15 is 0 Å². The molecule has 178 valence electrons. The summed E-state index contributed by atoms with van der Waals surface area (Å²) < 4.78 is 38.7. The Morgan fingerprint density at radius 3 is 2.39 bits per heavy atom. The topological polar surface area (TPSA) is 102 Å². The van der Waals surface area contributed by atoms with Gasteiger partial charge in [-0.25, -0.2) is 8.42 Å². The molecule has 1 N–H and O–H groups in total. The summed E-state index contributed by atoms with van der Waals surface area (Å²) >= 11 is 0. The summed E-state index contributed by atoms with van der Waals surface area (Å²) in [6.45, 7) is 7.08. The first kappa shape index (κ1) is 24.7. The fourth-order valence-corrected chi connectivity index (χ4v) is 6.30. The predicted octanol–water partition coefficient (Wildman–Crippen LogP) is 3.34. The summed E-state index contributed by atoms with van der Waals surface area (Å²) in [5.41, 5.74) is 2.69. The monoisotopic (exact) mass is 474 g/mol. The molecule has 0 saturated carbocycles. The van der Waals surface area contributed by atoms with Gasteiger partial charge in [0.05, 0.1) is 17.7 Å². The van der Waals surface area contributed by atoms with E-state index in [0.29, 0.717) is 35.4 Å². The number of nitrogens with one attached hydrogen (secondary N) is 1. The van der Waals surface area contributed by atoms with Crippen LogP contribution >= 0.6 is 0 Å². The third-order valence-electron chi connectivity index (χ3n) is 5.67. The number of esters is 1. The van der Waals surface area contributed by atoms with E-state index in [9.17, 15) is 18.0 Å². The summed E-state index contributed by atoms with van der Waals surface area (Å²) in [5, 5.41) is 2.67. The molecule has 0 aliphatic carbocycles. The molecule has 1 heterocycles. The van der Waals surface area contributed by atoms with Gasteiger partial charge in [0.15, 0.2) is 6.10 Å². The lowest BCUT2D eigenvalue weighted by Crippen LogP contribution is -2.43.